The number of carbonyl (C=O) groups is 1. The molecular formula is C21H16Cl3NO3. The summed E-state index contributed by atoms with van der Waals surface area (Å²) in [6.45, 7) is 4.10. The molecule has 0 saturated carbocycles. The molecule has 0 aliphatic carbocycles. The third kappa shape index (κ3) is 3.44. The molecule has 1 heterocycles. The Labute approximate surface area is 176 Å². The number of aromatic carboxylic acids is 1. The van der Waals surface area contributed by atoms with E-state index in [4.69, 9.17) is 34.8 Å². The van der Waals surface area contributed by atoms with Crippen LogP contribution in [0.1, 0.15) is 23.0 Å². The molecule has 7 heteroatoms. The minimum atomic E-state index is -1.31. The number of carboxylic acids is 1. The van der Waals surface area contributed by atoms with Crippen molar-refractivity contribution in [3.63, 3.8) is 0 Å². The predicted molar refractivity (Wildman–Crippen MR) is 114 cm³/mol. The fraction of sp³-hybridized carbons (Fsp3) is 0.143. The van der Waals surface area contributed by atoms with Gasteiger partial charge in [0.15, 0.2) is 0 Å². The molecule has 0 spiro atoms. The molecule has 0 atom stereocenters. The SMILES string of the molecule is CCn1c(C)c(-c2cccc(Cl)c2Cl)c(=O)c(C(=O)O)c1-c1ccc(Cl)cc1. The first kappa shape index (κ1) is 20.5. The van der Waals surface area contributed by atoms with E-state index < -0.39 is 11.4 Å². The van der Waals surface area contributed by atoms with E-state index in [1.165, 1.54) is 0 Å². The first-order valence-electron chi connectivity index (χ1n) is 8.48. The lowest BCUT2D eigenvalue weighted by Gasteiger charge is -2.21. The maximum atomic E-state index is 13.3. The molecule has 2 aromatic carbocycles. The van der Waals surface area contributed by atoms with Crippen LogP contribution < -0.4 is 5.43 Å². The molecule has 4 nitrogen and oxygen atoms in total. The molecule has 0 fully saturated rings. The number of pyridine rings is 1. The van der Waals surface area contributed by atoms with Gasteiger partial charge in [-0.05, 0) is 37.6 Å². The van der Waals surface area contributed by atoms with Crippen molar-refractivity contribution >= 4 is 40.8 Å². The van der Waals surface area contributed by atoms with Crippen LogP contribution in [-0.2, 0) is 6.54 Å². The van der Waals surface area contributed by atoms with E-state index in [-0.39, 0.29) is 16.1 Å². The monoisotopic (exact) mass is 435 g/mol. The Morgan fingerprint density at radius 1 is 1.07 bits per heavy atom. The highest BCUT2D eigenvalue weighted by Crippen LogP contribution is 2.36. The van der Waals surface area contributed by atoms with Gasteiger partial charge in [-0.3, -0.25) is 4.79 Å². The zero-order valence-corrected chi connectivity index (χ0v) is 17.4. The Hall–Kier alpha value is -2.27. The molecule has 0 unspecified atom stereocenters. The summed E-state index contributed by atoms with van der Waals surface area (Å²) in [7, 11) is 0. The lowest BCUT2D eigenvalue weighted by atomic mass is 9.96. The van der Waals surface area contributed by atoms with Crippen molar-refractivity contribution < 1.29 is 9.90 Å². The number of nitrogens with zero attached hydrogens (tertiary/aromatic N) is 1. The van der Waals surface area contributed by atoms with Crippen LogP contribution in [0.2, 0.25) is 15.1 Å². The lowest BCUT2D eigenvalue weighted by Crippen LogP contribution is -2.25. The van der Waals surface area contributed by atoms with Crippen LogP contribution in [0.3, 0.4) is 0 Å². The van der Waals surface area contributed by atoms with Crippen LogP contribution >= 0.6 is 34.8 Å². The molecule has 0 amide bonds. The minimum absolute atomic E-state index is 0.211. The zero-order valence-electron chi connectivity index (χ0n) is 15.1. The quantitative estimate of drug-likeness (QED) is 0.532. The summed E-state index contributed by atoms with van der Waals surface area (Å²) in [6, 6.07) is 11.6. The van der Waals surface area contributed by atoms with Gasteiger partial charge < -0.3 is 9.67 Å². The lowest BCUT2D eigenvalue weighted by molar-refractivity contribution is 0.0695. The van der Waals surface area contributed by atoms with Crippen LogP contribution in [0.4, 0.5) is 0 Å². The Balaban J connectivity index is 2.48. The molecule has 0 aliphatic heterocycles. The average Bonchev–Trinajstić information content (AvgIpc) is 2.65. The van der Waals surface area contributed by atoms with Gasteiger partial charge in [0.2, 0.25) is 5.43 Å². The van der Waals surface area contributed by atoms with Crippen LogP contribution in [0.25, 0.3) is 22.4 Å². The fourth-order valence-corrected chi connectivity index (χ4v) is 3.87. The number of rotatable bonds is 4. The second-order valence-electron chi connectivity index (χ2n) is 6.17. The van der Waals surface area contributed by atoms with Crippen LogP contribution in [0.5, 0.6) is 0 Å². The second kappa shape index (κ2) is 8.00. The molecule has 0 bridgehead atoms. The van der Waals surface area contributed by atoms with Crippen LogP contribution in [0.15, 0.2) is 47.3 Å². The number of benzene rings is 2. The third-order valence-corrected chi connectivity index (χ3v) is 5.67. The predicted octanol–water partition coefficient (Wildman–Crippen LogP) is 6.17. The second-order valence-corrected chi connectivity index (χ2v) is 7.39. The number of hydrogen-bond donors (Lipinski definition) is 1. The van der Waals surface area contributed by atoms with E-state index in [2.05, 4.69) is 0 Å². The van der Waals surface area contributed by atoms with Crippen molar-refractivity contribution in [2.45, 2.75) is 20.4 Å². The van der Waals surface area contributed by atoms with Crippen molar-refractivity contribution in [1.29, 1.82) is 0 Å². The molecule has 144 valence electrons. The molecule has 0 saturated heterocycles. The number of hydrogen-bond acceptors (Lipinski definition) is 2. The van der Waals surface area contributed by atoms with Gasteiger partial charge in [0.25, 0.3) is 0 Å². The standard InChI is InChI=1S/C21H16Cl3NO3/c1-3-25-11(2)16(14-5-4-6-15(23)18(14)24)20(26)17(21(27)28)19(25)12-7-9-13(22)10-8-12/h4-10H,3H2,1-2H3,(H,27,28). The summed E-state index contributed by atoms with van der Waals surface area (Å²) in [5.74, 6) is -1.31. The van der Waals surface area contributed by atoms with Gasteiger partial charge in [-0.15, -0.1) is 0 Å². The van der Waals surface area contributed by atoms with Crippen LogP contribution in [-0.4, -0.2) is 15.6 Å². The normalized spacial score (nSPS) is 10.9. The Kier molecular flexibility index (Phi) is 5.84. The van der Waals surface area contributed by atoms with Gasteiger partial charge in [0, 0.05) is 22.8 Å². The first-order chi connectivity index (χ1) is 13.3. The zero-order chi connectivity index (χ0) is 20.6. The minimum Gasteiger partial charge on any atom is -0.477 e. The van der Waals surface area contributed by atoms with E-state index in [9.17, 15) is 14.7 Å². The Morgan fingerprint density at radius 2 is 1.71 bits per heavy atom. The van der Waals surface area contributed by atoms with Crippen LogP contribution in [0, 0.1) is 6.92 Å². The largest absolute Gasteiger partial charge is 0.477 e. The van der Waals surface area contributed by atoms with Crippen molar-refractivity contribution in [2.24, 2.45) is 0 Å². The summed E-state index contributed by atoms with van der Waals surface area (Å²) in [5.41, 5.74) is 1.23. The van der Waals surface area contributed by atoms with Gasteiger partial charge >= 0.3 is 5.97 Å². The van der Waals surface area contributed by atoms with E-state index in [1.54, 1.807) is 54.0 Å². The topological polar surface area (TPSA) is 59.3 Å². The van der Waals surface area contributed by atoms with Crippen molar-refractivity contribution in [1.82, 2.24) is 4.57 Å². The highest BCUT2D eigenvalue weighted by molar-refractivity contribution is 6.43. The maximum absolute atomic E-state index is 13.3. The number of halogens is 3. The van der Waals surface area contributed by atoms with Gasteiger partial charge in [-0.2, -0.15) is 0 Å². The van der Waals surface area contributed by atoms with Crippen molar-refractivity contribution in [2.75, 3.05) is 0 Å². The smallest absolute Gasteiger partial charge is 0.341 e. The highest BCUT2D eigenvalue weighted by atomic mass is 35.5. The summed E-state index contributed by atoms with van der Waals surface area (Å²) >= 11 is 18.4. The fourth-order valence-electron chi connectivity index (χ4n) is 3.35. The van der Waals surface area contributed by atoms with E-state index in [0.717, 1.165) is 0 Å². The average molecular weight is 437 g/mol. The molecule has 1 aromatic heterocycles. The third-order valence-electron chi connectivity index (χ3n) is 4.60. The van der Waals surface area contributed by atoms with Gasteiger partial charge in [0.1, 0.15) is 5.56 Å². The first-order valence-corrected chi connectivity index (χ1v) is 9.62. The number of carboxylic acid groups (broad SMARTS) is 1. The number of aromatic nitrogens is 1. The maximum Gasteiger partial charge on any atom is 0.341 e. The molecule has 28 heavy (non-hydrogen) atoms. The van der Waals surface area contributed by atoms with E-state index in [1.807, 2.05) is 6.92 Å². The van der Waals surface area contributed by atoms with E-state index in [0.29, 0.717) is 39.1 Å². The van der Waals surface area contributed by atoms with Gasteiger partial charge in [0.05, 0.1) is 21.3 Å². The molecule has 0 radical (unpaired) electrons. The summed E-state index contributed by atoms with van der Waals surface area (Å²) in [5, 5.41) is 10.9. The molecule has 3 rings (SSSR count). The Bertz CT molecular complexity index is 1140. The molecule has 3 aromatic rings. The summed E-state index contributed by atoms with van der Waals surface area (Å²) in [4.78, 5) is 25.4. The molecule has 0 aliphatic rings. The molecular weight excluding hydrogens is 421 g/mol. The van der Waals surface area contributed by atoms with E-state index >= 15 is 0 Å². The van der Waals surface area contributed by atoms with Gasteiger partial charge in [-0.1, -0.05) is 59.1 Å². The molecule has 1 N–H and O–H groups in total. The van der Waals surface area contributed by atoms with Crippen molar-refractivity contribution in [3.05, 3.63) is 79.0 Å². The van der Waals surface area contributed by atoms with Gasteiger partial charge in [-0.25, -0.2) is 4.79 Å². The Morgan fingerprint density at radius 3 is 2.29 bits per heavy atom. The summed E-state index contributed by atoms with van der Waals surface area (Å²) < 4.78 is 1.79. The summed E-state index contributed by atoms with van der Waals surface area (Å²) in [6.07, 6.45) is 0. The van der Waals surface area contributed by atoms with Crippen molar-refractivity contribution in [3.8, 4) is 22.4 Å². The highest BCUT2D eigenvalue weighted by Gasteiger charge is 2.26.